The van der Waals surface area contributed by atoms with Crippen molar-refractivity contribution in [2.45, 2.75) is 6.54 Å². The molecule has 14 heavy (non-hydrogen) atoms. The van der Waals surface area contributed by atoms with Crippen LogP contribution in [0, 0.1) is 0 Å². The lowest BCUT2D eigenvalue weighted by Crippen LogP contribution is -2.35. The van der Waals surface area contributed by atoms with E-state index in [1.54, 1.807) is 6.20 Å². The zero-order valence-electron chi connectivity index (χ0n) is 8.07. The first-order chi connectivity index (χ1) is 6.84. The molecule has 2 rings (SSSR count). The van der Waals surface area contributed by atoms with Crippen molar-refractivity contribution < 1.29 is 4.74 Å². The summed E-state index contributed by atoms with van der Waals surface area (Å²) in [6.07, 6.45) is 1.69. The molecule has 0 bridgehead atoms. The number of hydrogen-bond donors (Lipinski definition) is 0. The van der Waals surface area contributed by atoms with E-state index in [1.165, 1.54) is 0 Å². The summed E-state index contributed by atoms with van der Waals surface area (Å²) in [6.45, 7) is 4.50. The van der Waals surface area contributed by atoms with Crippen LogP contribution in [0.25, 0.3) is 0 Å². The number of ether oxygens (including phenoxy) is 1. The molecule has 1 fully saturated rings. The van der Waals surface area contributed by atoms with E-state index in [0.717, 1.165) is 38.4 Å². The summed E-state index contributed by atoms with van der Waals surface area (Å²) < 4.78 is 5.27. The number of aromatic nitrogens is 1. The third-order valence-corrected chi connectivity index (χ3v) is 2.33. The first kappa shape index (κ1) is 9.43. The number of nitrogens with one attached hydrogen (secondary N) is 1. The van der Waals surface area contributed by atoms with Crippen molar-refractivity contribution >= 4 is 5.82 Å². The Morgan fingerprint density at radius 2 is 2.21 bits per heavy atom. The van der Waals surface area contributed by atoms with Crippen LogP contribution >= 0.6 is 0 Å². The third kappa shape index (κ3) is 2.43. The Balaban J connectivity index is 1.95. The molecule has 0 spiro atoms. The lowest BCUT2D eigenvalue weighted by molar-refractivity contribution is 0.0342. The molecular formula is C10H14N3O. The van der Waals surface area contributed by atoms with Crippen molar-refractivity contribution in [3.63, 3.8) is 0 Å². The van der Waals surface area contributed by atoms with Gasteiger partial charge in [0, 0.05) is 25.8 Å². The molecular weight excluding hydrogens is 178 g/mol. The van der Waals surface area contributed by atoms with E-state index in [9.17, 15) is 0 Å². The van der Waals surface area contributed by atoms with Crippen LogP contribution < -0.4 is 5.73 Å². The molecule has 1 aliphatic rings. The Bertz CT molecular complexity index is 297. The fraction of sp³-hybridized carbons (Fsp3) is 0.500. The number of hydrogen-bond acceptors (Lipinski definition) is 3. The van der Waals surface area contributed by atoms with Crippen molar-refractivity contribution in [2.24, 2.45) is 0 Å². The molecule has 4 heteroatoms. The van der Waals surface area contributed by atoms with Gasteiger partial charge in [0.15, 0.2) is 0 Å². The van der Waals surface area contributed by atoms with Crippen LogP contribution in [-0.4, -0.2) is 36.2 Å². The van der Waals surface area contributed by atoms with Crippen molar-refractivity contribution in [3.8, 4) is 0 Å². The summed E-state index contributed by atoms with van der Waals surface area (Å²) in [6, 6.07) is 3.78. The molecule has 1 aromatic heterocycles. The highest BCUT2D eigenvalue weighted by molar-refractivity contribution is 5.28. The standard InChI is InChI=1S/C10H14N3O/c11-10-7-9(1-2-12-10)8-13-3-5-14-6-4-13/h1-2,7,11H,3-6,8H2. The van der Waals surface area contributed by atoms with Gasteiger partial charge in [-0.05, 0) is 17.7 Å². The first-order valence-corrected chi connectivity index (χ1v) is 4.81. The SMILES string of the molecule is [NH]c1cc(CN2CCOCC2)ccn1. The minimum atomic E-state index is 0.343. The van der Waals surface area contributed by atoms with E-state index < -0.39 is 0 Å². The molecule has 4 nitrogen and oxygen atoms in total. The van der Waals surface area contributed by atoms with Gasteiger partial charge in [0.2, 0.25) is 0 Å². The minimum absolute atomic E-state index is 0.343. The fourth-order valence-corrected chi connectivity index (χ4v) is 1.59. The van der Waals surface area contributed by atoms with Gasteiger partial charge in [0.05, 0.1) is 13.2 Å². The minimum Gasteiger partial charge on any atom is -0.379 e. The molecule has 0 amide bonds. The van der Waals surface area contributed by atoms with E-state index >= 15 is 0 Å². The average Bonchev–Trinajstić information content (AvgIpc) is 2.19. The Hall–Kier alpha value is -1.13. The van der Waals surface area contributed by atoms with E-state index in [-0.39, 0.29) is 0 Å². The number of nitrogens with zero attached hydrogens (tertiary/aromatic N) is 2. The van der Waals surface area contributed by atoms with Crippen molar-refractivity contribution in [1.82, 2.24) is 15.6 Å². The van der Waals surface area contributed by atoms with Gasteiger partial charge in [0.1, 0.15) is 5.82 Å². The van der Waals surface area contributed by atoms with Gasteiger partial charge < -0.3 is 4.74 Å². The Kier molecular flexibility index (Phi) is 2.96. The summed E-state index contributed by atoms with van der Waals surface area (Å²) >= 11 is 0. The Morgan fingerprint density at radius 1 is 1.43 bits per heavy atom. The maximum Gasteiger partial charge on any atom is 0.144 e. The molecule has 0 unspecified atom stereocenters. The molecule has 0 atom stereocenters. The van der Waals surface area contributed by atoms with Gasteiger partial charge >= 0.3 is 0 Å². The summed E-state index contributed by atoms with van der Waals surface area (Å²) in [5.41, 5.74) is 8.56. The molecule has 1 N–H and O–H groups in total. The molecule has 1 aliphatic heterocycles. The second-order valence-electron chi connectivity index (χ2n) is 3.44. The van der Waals surface area contributed by atoms with Crippen molar-refractivity contribution in [2.75, 3.05) is 26.3 Å². The lowest BCUT2D eigenvalue weighted by Gasteiger charge is -2.26. The summed E-state index contributed by atoms with van der Waals surface area (Å²) in [5.74, 6) is 0.343. The van der Waals surface area contributed by atoms with E-state index in [0.29, 0.717) is 5.82 Å². The highest BCUT2D eigenvalue weighted by atomic mass is 16.5. The Labute approximate surface area is 83.7 Å². The third-order valence-electron chi connectivity index (χ3n) is 2.33. The highest BCUT2D eigenvalue weighted by Gasteiger charge is 2.10. The van der Waals surface area contributed by atoms with E-state index in [2.05, 4.69) is 9.88 Å². The zero-order chi connectivity index (χ0) is 9.80. The second kappa shape index (κ2) is 4.39. The molecule has 0 aromatic carbocycles. The number of rotatable bonds is 2. The summed E-state index contributed by atoms with van der Waals surface area (Å²) in [5, 5.41) is 0. The predicted octanol–water partition coefficient (Wildman–Crippen LogP) is 0.828. The van der Waals surface area contributed by atoms with Crippen LogP contribution in [-0.2, 0) is 11.3 Å². The largest absolute Gasteiger partial charge is 0.379 e. The van der Waals surface area contributed by atoms with Crippen LogP contribution in [0.1, 0.15) is 5.56 Å². The lowest BCUT2D eigenvalue weighted by atomic mass is 10.2. The smallest absolute Gasteiger partial charge is 0.144 e. The van der Waals surface area contributed by atoms with E-state index in [1.807, 2.05) is 12.1 Å². The van der Waals surface area contributed by atoms with Gasteiger partial charge in [-0.2, -0.15) is 0 Å². The van der Waals surface area contributed by atoms with Gasteiger partial charge in [-0.25, -0.2) is 4.98 Å². The summed E-state index contributed by atoms with van der Waals surface area (Å²) in [7, 11) is 0. The van der Waals surface area contributed by atoms with Gasteiger partial charge in [-0.15, -0.1) is 0 Å². The van der Waals surface area contributed by atoms with Crippen LogP contribution in [0.5, 0.6) is 0 Å². The fourth-order valence-electron chi connectivity index (χ4n) is 1.59. The zero-order valence-corrected chi connectivity index (χ0v) is 8.07. The maximum absolute atomic E-state index is 7.40. The van der Waals surface area contributed by atoms with Crippen molar-refractivity contribution in [3.05, 3.63) is 23.9 Å². The van der Waals surface area contributed by atoms with Crippen LogP contribution in [0.2, 0.25) is 0 Å². The molecule has 1 aromatic rings. The van der Waals surface area contributed by atoms with E-state index in [4.69, 9.17) is 10.5 Å². The molecule has 1 radical (unpaired) electrons. The monoisotopic (exact) mass is 192 g/mol. The van der Waals surface area contributed by atoms with Gasteiger partial charge in [-0.1, -0.05) is 0 Å². The Morgan fingerprint density at radius 3 is 2.93 bits per heavy atom. The molecule has 2 heterocycles. The average molecular weight is 192 g/mol. The second-order valence-corrected chi connectivity index (χ2v) is 3.44. The molecule has 0 saturated carbocycles. The summed E-state index contributed by atoms with van der Waals surface area (Å²) in [4.78, 5) is 6.19. The van der Waals surface area contributed by atoms with Crippen LogP contribution in [0.15, 0.2) is 18.3 Å². The van der Waals surface area contributed by atoms with Gasteiger partial charge in [-0.3, -0.25) is 10.6 Å². The molecule has 0 aliphatic carbocycles. The normalized spacial score (nSPS) is 18.3. The van der Waals surface area contributed by atoms with Crippen LogP contribution in [0.3, 0.4) is 0 Å². The first-order valence-electron chi connectivity index (χ1n) is 4.81. The predicted molar refractivity (Wildman–Crippen MR) is 53.1 cm³/mol. The maximum atomic E-state index is 7.40. The molecule has 1 saturated heterocycles. The highest BCUT2D eigenvalue weighted by Crippen LogP contribution is 2.09. The van der Waals surface area contributed by atoms with Crippen molar-refractivity contribution in [1.29, 1.82) is 0 Å². The number of pyridine rings is 1. The number of morpholine rings is 1. The van der Waals surface area contributed by atoms with Crippen LogP contribution in [0.4, 0.5) is 5.82 Å². The van der Waals surface area contributed by atoms with Gasteiger partial charge in [0.25, 0.3) is 0 Å². The quantitative estimate of drug-likeness (QED) is 0.697. The molecule has 75 valence electrons. The topological polar surface area (TPSA) is 49.2 Å².